The molecule has 17 heavy (non-hydrogen) atoms. The number of benzene rings is 1. The summed E-state index contributed by atoms with van der Waals surface area (Å²) in [6, 6.07) is 12.8. The maximum atomic E-state index is 4.14. The van der Waals surface area contributed by atoms with Crippen molar-refractivity contribution in [1.29, 1.82) is 0 Å². The van der Waals surface area contributed by atoms with Crippen LogP contribution in [0.5, 0.6) is 0 Å². The highest BCUT2D eigenvalue weighted by atomic mass is 14.8. The van der Waals surface area contributed by atoms with Gasteiger partial charge >= 0.3 is 0 Å². The van der Waals surface area contributed by atoms with Crippen molar-refractivity contribution in [2.45, 2.75) is 19.9 Å². The first-order valence-electron chi connectivity index (χ1n) is 6.06. The molecule has 0 aliphatic carbocycles. The zero-order chi connectivity index (χ0) is 11.9. The lowest BCUT2D eigenvalue weighted by Crippen LogP contribution is -2.11. The summed E-state index contributed by atoms with van der Waals surface area (Å²) in [7, 11) is 0. The Morgan fingerprint density at radius 3 is 2.65 bits per heavy atom. The maximum Gasteiger partial charge on any atom is 0.0303 e. The second-order valence-electron chi connectivity index (χ2n) is 4.14. The molecule has 0 unspecified atom stereocenters. The number of hydrogen-bond donors (Lipinski definition) is 1. The van der Waals surface area contributed by atoms with E-state index < -0.39 is 0 Å². The molecule has 2 rings (SSSR count). The monoisotopic (exact) mass is 226 g/mol. The standard InChI is InChI=1S/C15H18N2/c1-2-16-11-14-6-3-5-13(9-14)10-15-7-4-8-17-12-15/h3-9,12,16H,2,10-11H2,1H3. The van der Waals surface area contributed by atoms with Crippen LogP contribution in [0.25, 0.3) is 0 Å². The fourth-order valence-electron chi connectivity index (χ4n) is 1.86. The van der Waals surface area contributed by atoms with E-state index in [4.69, 9.17) is 0 Å². The van der Waals surface area contributed by atoms with Gasteiger partial charge in [0.15, 0.2) is 0 Å². The minimum atomic E-state index is 0.942. The Kier molecular flexibility index (Phi) is 4.28. The van der Waals surface area contributed by atoms with E-state index in [1.807, 2.05) is 18.5 Å². The molecule has 2 nitrogen and oxygen atoms in total. The van der Waals surface area contributed by atoms with E-state index in [9.17, 15) is 0 Å². The predicted octanol–water partition coefficient (Wildman–Crippen LogP) is 2.78. The fraction of sp³-hybridized carbons (Fsp3) is 0.267. The first-order valence-corrected chi connectivity index (χ1v) is 6.06. The highest BCUT2D eigenvalue weighted by Crippen LogP contribution is 2.10. The quantitative estimate of drug-likeness (QED) is 0.848. The molecule has 0 spiro atoms. The summed E-state index contributed by atoms with van der Waals surface area (Å²) in [5, 5.41) is 3.34. The van der Waals surface area contributed by atoms with Crippen molar-refractivity contribution in [2.75, 3.05) is 6.54 Å². The SMILES string of the molecule is CCNCc1cccc(Cc2cccnc2)c1. The zero-order valence-electron chi connectivity index (χ0n) is 10.2. The summed E-state index contributed by atoms with van der Waals surface area (Å²) in [5.74, 6) is 0. The van der Waals surface area contributed by atoms with Crippen molar-refractivity contribution in [1.82, 2.24) is 10.3 Å². The van der Waals surface area contributed by atoms with Crippen LogP contribution in [0.3, 0.4) is 0 Å². The second-order valence-corrected chi connectivity index (χ2v) is 4.14. The third-order valence-corrected chi connectivity index (χ3v) is 2.70. The predicted molar refractivity (Wildman–Crippen MR) is 70.9 cm³/mol. The molecule has 0 amide bonds. The molecule has 0 bridgehead atoms. The van der Waals surface area contributed by atoms with Crippen LogP contribution >= 0.6 is 0 Å². The Morgan fingerprint density at radius 1 is 1.06 bits per heavy atom. The van der Waals surface area contributed by atoms with Crippen molar-refractivity contribution in [2.24, 2.45) is 0 Å². The van der Waals surface area contributed by atoms with E-state index in [0.29, 0.717) is 0 Å². The van der Waals surface area contributed by atoms with Gasteiger partial charge in [-0.1, -0.05) is 37.3 Å². The molecule has 1 aromatic heterocycles. The smallest absolute Gasteiger partial charge is 0.0303 e. The Balaban J connectivity index is 2.06. The molecular weight excluding hydrogens is 208 g/mol. The van der Waals surface area contributed by atoms with Gasteiger partial charge < -0.3 is 5.32 Å². The van der Waals surface area contributed by atoms with Crippen LogP contribution in [0.1, 0.15) is 23.6 Å². The Labute approximate surface area is 103 Å². The summed E-state index contributed by atoms with van der Waals surface area (Å²) in [4.78, 5) is 4.14. The summed E-state index contributed by atoms with van der Waals surface area (Å²) < 4.78 is 0. The summed E-state index contributed by atoms with van der Waals surface area (Å²) in [5.41, 5.74) is 3.94. The van der Waals surface area contributed by atoms with Crippen LogP contribution in [-0.4, -0.2) is 11.5 Å². The van der Waals surface area contributed by atoms with E-state index in [1.54, 1.807) is 0 Å². The van der Waals surface area contributed by atoms with E-state index in [2.05, 4.69) is 47.6 Å². The zero-order valence-corrected chi connectivity index (χ0v) is 10.2. The molecule has 0 atom stereocenters. The highest BCUT2D eigenvalue weighted by molar-refractivity contribution is 5.28. The van der Waals surface area contributed by atoms with Crippen LogP contribution < -0.4 is 5.32 Å². The van der Waals surface area contributed by atoms with E-state index >= 15 is 0 Å². The van der Waals surface area contributed by atoms with Gasteiger partial charge in [-0.15, -0.1) is 0 Å². The number of rotatable bonds is 5. The van der Waals surface area contributed by atoms with Crippen LogP contribution in [0.2, 0.25) is 0 Å². The average Bonchev–Trinajstić information content (AvgIpc) is 2.38. The van der Waals surface area contributed by atoms with Gasteiger partial charge in [0.2, 0.25) is 0 Å². The number of aromatic nitrogens is 1. The topological polar surface area (TPSA) is 24.9 Å². The molecule has 1 aromatic carbocycles. The maximum absolute atomic E-state index is 4.14. The van der Waals surface area contributed by atoms with Crippen molar-refractivity contribution >= 4 is 0 Å². The van der Waals surface area contributed by atoms with Crippen molar-refractivity contribution in [3.63, 3.8) is 0 Å². The van der Waals surface area contributed by atoms with Crippen molar-refractivity contribution in [3.8, 4) is 0 Å². The summed E-state index contributed by atoms with van der Waals surface area (Å²) in [6.45, 7) is 4.07. The molecule has 1 heterocycles. The normalized spacial score (nSPS) is 10.4. The van der Waals surface area contributed by atoms with Gasteiger partial charge in [0.25, 0.3) is 0 Å². The first-order chi connectivity index (χ1) is 8.38. The van der Waals surface area contributed by atoms with Crippen LogP contribution in [0.4, 0.5) is 0 Å². The largest absolute Gasteiger partial charge is 0.313 e. The molecule has 88 valence electrons. The first kappa shape index (κ1) is 11.8. The lowest BCUT2D eigenvalue weighted by molar-refractivity contribution is 0.726. The minimum absolute atomic E-state index is 0.942. The van der Waals surface area contributed by atoms with Crippen molar-refractivity contribution in [3.05, 3.63) is 65.5 Å². The molecule has 2 heteroatoms. The lowest BCUT2D eigenvalue weighted by atomic mass is 10.0. The highest BCUT2D eigenvalue weighted by Gasteiger charge is 1.98. The molecular formula is C15H18N2. The van der Waals surface area contributed by atoms with Gasteiger partial charge in [-0.05, 0) is 35.7 Å². The lowest BCUT2D eigenvalue weighted by Gasteiger charge is -2.06. The molecule has 0 aliphatic rings. The molecule has 2 aromatic rings. The van der Waals surface area contributed by atoms with Gasteiger partial charge in [-0.2, -0.15) is 0 Å². The molecule has 0 saturated heterocycles. The Morgan fingerprint density at radius 2 is 1.88 bits per heavy atom. The molecule has 0 fully saturated rings. The van der Waals surface area contributed by atoms with Crippen molar-refractivity contribution < 1.29 is 0 Å². The summed E-state index contributed by atoms with van der Waals surface area (Å²) in [6.07, 6.45) is 4.69. The molecule has 1 N–H and O–H groups in total. The third kappa shape index (κ3) is 3.68. The van der Waals surface area contributed by atoms with E-state index in [0.717, 1.165) is 19.5 Å². The van der Waals surface area contributed by atoms with Gasteiger partial charge in [0.05, 0.1) is 0 Å². The van der Waals surface area contributed by atoms with E-state index in [1.165, 1.54) is 16.7 Å². The minimum Gasteiger partial charge on any atom is -0.313 e. The van der Waals surface area contributed by atoms with Gasteiger partial charge in [0.1, 0.15) is 0 Å². The number of hydrogen-bond acceptors (Lipinski definition) is 2. The molecule has 0 aliphatic heterocycles. The van der Waals surface area contributed by atoms with E-state index in [-0.39, 0.29) is 0 Å². The molecule has 0 saturated carbocycles. The van der Waals surface area contributed by atoms with Gasteiger partial charge in [0, 0.05) is 18.9 Å². The number of nitrogens with zero attached hydrogens (tertiary/aromatic N) is 1. The van der Waals surface area contributed by atoms with Crippen LogP contribution in [0, 0.1) is 0 Å². The number of pyridine rings is 1. The fourth-order valence-corrected chi connectivity index (χ4v) is 1.86. The second kappa shape index (κ2) is 6.16. The van der Waals surface area contributed by atoms with Gasteiger partial charge in [-0.25, -0.2) is 0 Å². The Hall–Kier alpha value is -1.67. The third-order valence-electron chi connectivity index (χ3n) is 2.70. The van der Waals surface area contributed by atoms with Gasteiger partial charge in [-0.3, -0.25) is 4.98 Å². The molecule has 0 radical (unpaired) electrons. The number of nitrogens with one attached hydrogen (secondary N) is 1. The summed E-state index contributed by atoms with van der Waals surface area (Å²) >= 11 is 0. The average molecular weight is 226 g/mol. The van der Waals surface area contributed by atoms with Crippen LogP contribution in [-0.2, 0) is 13.0 Å². The Bertz CT molecular complexity index is 451. The van der Waals surface area contributed by atoms with Crippen LogP contribution in [0.15, 0.2) is 48.8 Å².